The minimum atomic E-state index is -0.960. The van der Waals surface area contributed by atoms with Crippen LogP contribution in [0.3, 0.4) is 0 Å². The largest absolute Gasteiger partial charge is 0.507 e. The second kappa shape index (κ2) is 7.90. The molecule has 1 heterocycles. The Balaban J connectivity index is 1.90. The molecule has 4 nitrogen and oxygen atoms in total. The van der Waals surface area contributed by atoms with Gasteiger partial charge in [-0.25, -0.2) is 0 Å². The van der Waals surface area contributed by atoms with Crippen LogP contribution in [0.1, 0.15) is 31.1 Å². The first-order chi connectivity index (χ1) is 14.0. The predicted octanol–water partition coefficient (Wildman–Crippen LogP) is 3.99. The summed E-state index contributed by atoms with van der Waals surface area (Å²) >= 11 is 6.05. The summed E-state index contributed by atoms with van der Waals surface area (Å²) in [6.45, 7) is 4.21. The third kappa shape index (κ3) is 3.74. The minimum Gasteiger partial charge on any atom is -0.507 e. The van der Waals surface area contributed by atoms with Crippen LogP contribution >= 0.6 is 11.6 Å². The Kier molecular flexibility index (Phi) is 5.31. The zero-order valence-corrected chi connectivity index (χ0v) is 17.1. The molecule has 1 aliphatic rings. The molecule has 0 bridgehead atoms. The lowest BCUT2D eigenvalue weighted by atomic mass is 9.98. The van der Waals surface area contributed by atoms with Crippen LogP contribution in [0.25, 0.3) is 6.20 Å². The van der Waals surface area contributed by atoms with Crippen molar-refractivity contribution in [2.45, 2.75) is 26.1 Å². The third-order valence-electron chi connectivity index (χ3n) is 5.16. The van der Waals surface area contributed by atoms with E-state index in [1.807, 2.05) is 66.9 Å². The highest BCUT2D eigenvalue weighted by Gasteiger charge is 2.26. The number of nitrogens with zero attached hydrogens (tertiary/aromatic N) is 2. The molecule has 2 N–H and O–H groups in total. The number of fused-ring (bicyclic) bond motifs is 1. The number of phenolic OH excluding ortho intramolecular Hbond substituents is 1. The molecule has 148 valence electrons. The molecule has 0 saturated heterocycles. The molecule has 0 aliphatic carbocycles. The molecule has 29 heavy (non-hydrogen) atoms. The molecule has 2 atom stereocenters. The summed E-state index contributed by atoms with van der Waals surface area (Å²) in [6.07, 6.45) is 0.891. The molecule has 3 aromatic rings. The van der Waals surface area contributed by atoms with Crippen molar-refractivity contribution < 1.29 is 10.2 Å². The van der Waals surface area contributed by atoms with Gasteiger partial charge in [0.15, 0.2) is 0 Å². The number of halogens is 1. The standard InChI is InChI=1S/C24H23ClN2O2/c1-15(2)24-26-22-17(14-27(24)19-11-9-18(25)10-12-19)8-13-20(28)21(22)23(29)16-6-4-3-5-7-16/h3-15,23-24,28-29H,1-2H3. The molecule has 0 fully saturated rings. The molecule has 4 rings (SSSR count). The van der Waals surface area contributed by atoms with E-state index < -0.39 is 6.10 Å². The maximum Gasteiger partial charge on any atom is 0.128 e. The van der Waals surface area contributed by atoms with Gasteiger partial charge in [-0.3, -0.25) is 4.99 Å². The van der Waals surface area contributed by atoms with E-state index in [1.165, 1.54) is 0 Å². The monoisotopic (exact) mass is 406 g/mol. The fourth-order valence-corrected chi connectivity index (χ4v) is 3.79. The number of aliphatic hydroxyl groups excluding tert-OH is 1. The van der Waals surface area contributed by atoms with Gasteiger partial charge in [0.05, 0.1) is 10.9 Å². The van der Waals surface area contributed by atoms with Crippen LogP contribution in [0.4, 0.5) is 5.69 Å². The van der Waals surface area contributed by atoms with Crippen molar-refractivity contribution in [2.24, 2.45) is 10.9 Å². The van der Waals surface area contributed by atoms with Crippen LogP contribution in [0.15, 0.2) is 71.7 Å². The topological polar surface area (TPSA) is 56.1 Å². The zero-order valence-electron chi connectivity index (χ0n) is 16.3. The van der Waals surface area contributed by atoms with Crippen molar-refractivity contribution >= 4 is 23.5 Å². The van der Waals surface area contributed by atoms with Crippen molar-refractivity contribution in [3.05, 3.63) is 93.5 Å². The molecule has 1 aliphatic heterocycles. The molecule has 0 saturated carbocycles. The van der Waals surface area contributed by atoms with Gasteiger partial charge in [-0.2, -0.15) is 0 Å². The molecule has 3 aromatic carbocycles. The van der Waals surface area contributed by atoms with Gasteiger partial charge < -0.3 is 15.1 Å². The number of benzene rings is 3. The highest BCUT2D eigenvalue weighted by molar-refractivity contribution is 6.30. The first-order valence-corrected chi connectivity index (χ1v) is 10.0. The average Bonchev–Trinajstić information content (AvgIpc) is 2.73. The van der Waals surface area contributed by atoms with Crippen LogP contribution in [0, 0.1) is 5.92 Å². The van der Waals surface area contributed by atoms with Gasteiger partial charge in [0.25, 0.3) is 0 Å². The van der Waals surface area contributed by atoms with Gasteiger partial charge in [0.1, 0.15) is 18.0 Å². The van der Waals surface area contributed by atoms with Gasteiger partial charge in [0.2, 0.25) is 0 Å². The van der Waals surface area contributed by atoms with E-state index in [2.05, 4.69) is 18.7 Å². The summed E-state index contributed by atoms with van der Waals surface area (Å²) in [5, 5.41) is 23.7. The van der Waals surface area contributed by atoms with Crippen LogP contribution in [0.5, 0.6) is 5.75 Å². The van der Waals surface area contributed by atoms with E-state index in [-0.39, 0.29) is 17.8 Å². The second-order valence-corrected chi connectivity index (χ2v) is 7.99. The van der Waals surface area contributed by atoms with E-state index in [0.29, 0.717) is 21.5 Å². The number of rotatable bonds is 4. The van der Waals surface area contributed by atoms with Gasteiger partial charge in [0, 0.05) is 22.1 Å². The fraction of sp³-hybridized carbons (Fsp3) is 0.208. The quantitative estimate of drug-likeness (QED) is 0.688. The minimum absolute atomic E-state index is 0.0414. The van der Waals surface area contributed by atoms with Gasteiger partial charge >= 0.3 is 0 Å². The summed E-state index contributed by atoms with van der Waals surface area (Å²) in [5.74, 6) is 0.249. The lowest BCUT2D eigenvalue weighted by molar-refractivity contribution is 0.213. The second-order valence-electron chi connectivity index (χ2n) is 7.55. The normalized spacial score (nSPS) is 16.7. The van der Waals surface area contributed by atoms with E-state index in [1.54, 1.807) is 6.07 Å². The average molecular weight is 407 g/mol. The van der Waals surface area contributed by atoms with Gasteiger partial charge in [-0.05, 0) is 47.9 Å². The summed E-state index contributed by atoms with van der Waals surface area (Å²) < 4.78 is 0. The lowest BCUT2D eigenvalue weighted by Gasteiger charge is -2.33. The third-order valence-corrected chi connectivity index (χ3v) is 5.41. The van der Waals surface area contributed by atoms with E-state index in [9.17, 15) is 10.2 Å². The molecular weight excluding hydrogens is 384 g/mol. The first kappa shape index (κ1) is 19.5. The summed E-state index contributed by atoms with van der Waals surface area (Å²) in [7, 11) is 0. The SMILES string of the molecule is CC(C)C1N=c2c(C(O)c3ccccc3)c(O)ccc2=CN1c1ccc(Cl)cc1. The predicted molar refractivity (Wildman–Crippen MR) is 116 cm³/mol. The zero-order chi connectivity index (χ0) is 20.5. The van der Waals surface area contributed by atoms with Gasteiger partial charge in [-0.1, -0.05) is 55.8 Å². The lowest BCUT2D eigenvalue weighted by Crippen LogP contribution is -2.46. The number of phenols is 1. The van der Waals surface area contributed by atoms with Crippen molar-refractivity contribution in [3.63, 3.8) is 0 Å². The maximum absolute atomic E-state index is 11.0. The van der Waals surface area contributed by atoms with E-state index in [4.69, 9.17) is 16.6 Å². The molecule has 0 radical (unpaired) electrons. The summed E-state index contributed by atoms with van der Waals surface area (Å²) in [6, 6.07) is 20.4. The number of aliphatic hydroxyl groups is 1. The molecule has 0 spiro atoms. The van der Waals surface area contributed by atoms with Crippen LogP contribution in [-0.2, 0) is 0 Å². The Bertz CT molecular complexity index is 1130. The number of hydrogen-bond donors (Lipinski definition) is 2. The molecular formula is C24H23ClN2O2. The highest BCUT2D eigenvalue weighted by atomic mass is 35.5. The molecule has 2 unspecified atom stereocenters. The van der Waals surface area contributed by atoms with Crippen LogP contribution in [-0.4, -0.2) is 16.4 Å². The summed E-state index contributed by atoms with van der Waals surface area (Å²) in [5.41, 5.74) is 2.14. The maximum atomic E-state index is 11.0. The van der Waals surface area contributed by atoms with Crippen LogP contribution in [0.2, 0.25) is 5.02 Å². The number of aromatic hydroxyl groups is 1. The van der Waals surface area contributed by atoms with Crippen molar-refractivity contribution in [1.29, 1.82) is 0 Å². The Morgan fingerprint density at radius 3 is 2.31 bits per heavy atom. The fourth-order valence-electron chi connectivity index (χ4n) is 3.67. The van der Waals surface area contributed by atoms with Crippen molar-refractivity contribution in [1.82, 2.24) is 0 Å². The highest BCUT2D eigenvalue weighted by Crippen LogP contribution is 2.28. The first-order valence-electron chi connectivity index (χ1n) is 9.64. The molecule has 5 heteroatoms. The molecule has 0 aromatic heterocycles. The van der Waals surface area contributed by atoms with E-state index >= 15 is 0 Å². The summed E-state index contributed by atoms with van der Waals surface area (Å²) in [4.78, 5) is 7.08. The Morgan fingerprint density at radius 2 is 1.66 bits per heavy atom. The van der Waals surface area contributed by atoms with Crippen LogP contribution < -0.4 is 15.5 Å². The van der Waals surface area contributed by atoms with Crippen molar-refractivity contribution in [3.8, 4) is 5.75 Å². The Morgan fingerprint density at radius 1 is 0.966 bits per heavy atom. The molecule has 0 amide bonds. The Labute approximate surface area is 175 Å². The number of anilines is 1. The Hall–Kier alpha value is -2.82. The number of hydrogen-bond acceptors (Lipinski definition) is 4. The van der Waals surface area contributed by atoms with Crippen molar-refractivity contribution in [2.75, 3.05) is 4.90 Å². The van der Waals surface area contributed by atoms with E-state index in [0.717, 1.165) is 10.9 Å². The van der Waals surface area contributed by atoms with Gasteiger partial charge in [-0.15, -0.1) is 0 Å². The smallest absolute Gasteiger partial charge is 0.128 e.